The van der Waals surface area contributed by atoms with Crippen LogP contribution >= 0.6 is 0 Å². The van der Waals surface area contributed by atoms with Crippen molar-refractivity contribution in [1.29, 1.82) is 0 Å². The molecule has 9 heteroatoms. The Morgan fingerprint density at radius 2 is 1.97 bits per heavy atom. The van der Waals surface area contributed by atoms with Gasteiger partial charge in [0.15, 0.2) is 11.5 Å². The van der Waals surface area contributed by atoms with Crippen LogP contribution in [0.5, 0.6) is 0 Å². The van der Waals surface area contributed by atoms with Crippen LogP contribution in [0.25, 0.3) is 0 Å². The first-order valence-electron chi connectivity index (χ1n) is 11.1. The molecular formula is C22H35N5O4. The summed E-state index contributed by atoms with van der Waals surface area (Å²) in [5, 5.41) is 11.4. The predicted molar refractivity (Wildman–Crippen MR) is 117 cm³/mol. The summed E-state index contributed by atoms with van der Waals surface area (Å²) in [4.78, 5) is 28.7. The minimum atomic E-state index is -0.526. The van der Waals surface area contributed by atoms with E-state index in [1.807, 2.05) is 26.8 Å². The average Bonchev–Trinajstić information content (AvgIpc) is 2.68. The predicted octanol–water partition coefficient (Wildman–Crippen LogP) is 2.82. The summed E-state index contributed by atoms with van der Waals surface area (Å²) in [7, 11) is 1.59. The Balaban J connectivity index is 1.58. The molecule has 1 aliphatic heterocycles. The Morgan fingerprint density at radius 3 is 2.55 bits per heavy atom. The van der Waals surface area contributed by atoms with Gasteiger partial charge in [-0.25, -0.2) is 4.79 Å². The number of hydrogen-bond donors (Lipinski definition) is 1. The van der Waals surface area contributed by atoms with Gasteiger partial charge in [-0.2, -0.15) is 0 Å². The van der Waals surface area contributed by atoms with Crippen LogP contribution in [0.2, 0.25) is 0 Å². The van der Waals surface area contributed by atoms with Crippen molar-refractivity contribution in [3.05, 3.63) is 17.8 Å². The fraction of sp³-hybridized carbons (Fsp3) is 0.727. The lowest BCUT2D eigenvalue weighted by atomic mass is 9.85. The maximum atomic E-state index is 12.9. The van der Waals surface area contributed by atoms with Crippen molar-refractivity contribution in [3.8, 4) is 0 Å². The summed E-state index contributed by atoms with van der Waals surface area (Å²) < 4.78 is 10.6. The number of hydrogen-bond acceptors (Lipinski definition) is 7. The van der Waals surface area contributed by atoms with Crippen molar-refractivity contribution in [3.63, 3.8) is 0 Å². The molecule has 1 N–H and O–H groups in total. The van der Waals surface area contributed by atoms with Crippen LogP contribution in [0.3, 0.4) is 0 Å². The molecule has 0 unspecified atom stereocenters. The van der Waals surface area contributed by atoms with Crippen molar-refractivity contribution < 1.29 is 19.1 Å². The third-order valence-electron chi connectivity index (χ3n) is 5.61. The number of methoxy groups -OCH3 is 1. The number of nitrogens with one attached hydrogen (secondary N) is 1. The van der Waals surface area contributed by atoms with Crippen LogP contribution in [-0.4, -0.2) is 72.2 Å². The monoisotopic (exact) mass is 433 g/mol. The molecule has 2 aliphatic rings. The molecule has 9 nitrogen and oxygen atoms in total. The molecule has 2 fully saturated rings. The molecular weight excluding hydrogens is 398 g/mol. The maximum absolute atomic E-state index is 12.9. The summed E-state index contributed by atoms with van der Waals surface area (Å²) in [6.07, 6.45) is 4.94. The maximum Gasteiger partial charge on any atom is 0.407 e. The second-order valence-electron chi connectivity index (χ2n) is 9.45. The fourth-order valence-electron chi connectivity index (χ4n) is 3.88. The summed E-state index contributed by atoms with van der Waals surface area (Å²) >= 11 is 0. The van der Waals surface area contributed by atoms with Crippen LogP contribution < -0.4 is 10.2 Å². The molecule has 1 aromatic heterocycles. The van der Waals surface area contributed by atoms with Gasteiger partial charge in [0, 0.05) is 32.8 Å². The molecule has 31 heavy (non-hydrogen) atoms. The fourth-order valence-corrected chi connectivity index (χ4v) is 3.88. The highest BCUT2D eigenvalue weighted by Crippen LogP contribution is 2.27. The lowest BCUT2D eigenvalue weighted by Crippen LogP contribution is -2.49. The molecule has 1 atom stereocenters. The van der Waals surface area contributed by atoms with Gasteiger partial charge in [0.05, 0.1) is 0 Å². The Kier molecular flexibility index (Phi) is 7.69. The number of rotatable bonds is 7. The van der Waals surface area contributed by atoms with Crippen LogP contribution in [-0.2, 0) is 9.47 Å². The highest BCUT2D eigenvalue weighted by molar-refractivity contribution is 5.92. The van der Waals surface area contributed by atoms with Gasteiger partial charge in [0.1, 0.15) is 12.3 Å². The summed E-state index contributed by atoms with van der Waals surface area (Å²) in [5.41, 5.74) is -0.206. The molecule has 1 aliphatic carbocycles. The van der Waals surface area contributed by atoms with Crippen LogP contribution in [0.15, 0.2) is 12.1 Å². The quantitative estimate of drug-likeness (QED) is 0.661. The number of amides is 2. The third kappa shape index (κ3) is 6.78. The van der Waals surface area contributed by atoms with E-state index in [0.717, 1.165) is 32.2 Å². The van der Waals surface area contributed by atoms with Gasteiger partial charge in [-0.1, -0.05) is 6.42 Å². The third-order valence-corrected chi connectivity index (χ3v) is 5.61. The van der Waals surface area contributed by atoms with Crippen molar-refractivity contribution >= 4 is 17.8 Å². The zero-order valence-corrected chi connectivity index (χ0v) is 19.1. The highest BCUT2D eigenvalue weighted by atomic mass is 16.6. The zero-order valence-electron chi connectivity index (χ0n) is 19.1. The van der Waals surface area contributed by atoms with Crippen LogP contribution in [0.4, 0.5) is 10.6 Å². The van der Waals surface area contributed by atoms with E-state index in [9.17, 15) is 9.59 Å². The first kappa shape index (κ1) is 23.2. The van der Waals surface area contributed by atoms with Gasteiger partial charge in [-0.05, 0) is 64.5 Å². The molecule has 1 saturated carbocycles. The van der Waals surface area contributed by atoms with Crippen molar-refractivity contribution in [2.75, 3.05) is 38.4 Å². The molecule has 2 amide bonds. The summed E-state index contributed by atoms with van der Waals surface area (Å²) in [6, 6.07) is 3.52. The second kappa shape index (κ2) is 10.3. The van der Waals surface area contributed by atoms with Gasteiger partial charge >= 0.3 is 6.09 Å². The van der Waals surface area contributed by atoms with Crippen LogP contribution in [0.1, 0.15) is 63.4 Å². The lowest BCUT2D eigenvalue weighted by Gasteiger charge is -2.34. The number of aromatic nitrogens is 2. The van der Waals surface area contributed by atoms with E-state index in [4.69, 9.17) is 9.47 Å². The summed E-state index contributed by atoms with van der Waals surface area (Å²) in [5.74, 6) is 1.09. The number of carbonyl (C=O) groups is 2. The number of piperidine rings is 1. The Labute approximate surface area is 184 Å². The Hall–Kier alpha value is -2.42. The van der Waals surface area contributed by atoms with E-state index < -0.39 is 11.7 Å². The normalized spacial score (nSPS) is 19.5. The number of alkyl carbamates (subject to hydrolysis) is 1. The summed E-state index contributed by atoms with van der Waals surface area (Å²) in [6.45, 7) is 7.93. The smallest absolute Gasteiger partial charge is 0.407 e. The molecule has 0 aromatic carbocycles. The minimum absolute atomic E-state index is 0.0219. The molecule has 172 valence electrons. The molecule has 1 saturated heterocycles. The van der Waals surface area contributed by atoms with Crippen molar-refractivity contribution in [2.24, 2.45) is 5.92 Å². The Bertz CT molecular complexity index is 745. The van der Waals surface area contributed by atoms with Gasteiger partial charge in [0.2, 0.25) is 0 Å². The Morgan fingerprint density at radius 1 is 1.19 bits per heavy atom. The SMILES string of the molecule is COCN(CC1CCC1)C(=O)c1ccc(N2CCC[C@@H](NC(=O)OC(C)(C)C)C2)nn1. The minimum Gasteiger partial charge on any atom is -0.444 e. The van der Waals surface area contributed by atoms with Gasteiger partial charge in [-0.3, -0.25) is 4.79 Å². The van der Waals surface area contributed by atoms with E-state index in [-0.39, 0.29) is 18.7 Å². The standard InChI is InChI=1S/C22H35N5O4/c1-22(2,3)31-21(29)23-17-9-6-12-26(14-17)19-11-10-18(24-25-19)20(28)27(15-30-4)13-16-7-5-8-16/h10-11,16-17H,5-9,12-15H2,1-4H3,(H,23,29)/t17-/m1/s1. The number of nitrogens with zero attached hydrogens (tertiary/aromatic N) is 4. The first-order chi connectivity index (χ1) is 14.7. The van der Waals surface area contributed by atoms with Crippen LogP contribution in [0, 0.1) is 5.92 Å². The number of carbonyl (C=O) groups excluding carboxylic acids is 2. The molecule has 0 bridgehead atoms. The first-order valence-corrected chi connectivity index (χ1v) is 11.1. The topological polar surface area (TPSA) is 96.9 Å². The highest BCUT2D eigenvalue weighted by Gasteiger charge is 2.27. The van der Waals surface area contributed by atoms with E-state index in [0.29, 0.717) is 30.5 Å². The van der Waals surface area contributed by atoms with E-state index in [1.165, 1.54) is 6.42 Å². The van der Waals surface area contributed by atoms with Gasteiger partial charge < -0.3 is 24.6 Å². The molecule has 2 heterocycles. The van der Waals surface area contributed by atoms with Gasteiger partial charge in [-0.15, -0.1) is 10.2 Å². The van der Waals surface area contributed by atoms with Crippen molar-refractivity contribution in [1.82, 2.24) is 20.4 Å². The number of anilines is 1. The second-order valence-corrected chi connectivity index (χ2v) is 9.45. The molecule has 3 rings (SSSR count). The van der Waals surface area contributed by atoms with Gasteiger partial charge in [0.25, 0.3) is 5.91 Å². The molecule has 1 aromatic rings. The molecule has 0 spiro atoms. The van der Waals surface area contributed by atoms with E-state index >= 15 is 0 Å². The molecule has 0 radical (unpaired) electrons. The van der Waals surface area contributed by atoms with Crippen molar-refractivity contribution in [2.45, 2.75) is 64.5 Å². The largest absolute Gasteiger partial charge is 0.444 e. The number of ether oxygens (including phenoxy) is 2. The zero-order chi connectivity index (χ0) is 22.4. The van der Waals surface area contributed by atoms with E-state index in [2.05, 4.69) is 20.4 Å². The lowest BCUT2D eigenvalue weighted by molar-refractivity contribution is 0.0304. The van der Waals surface area contributed by atoms with E-state index in [1.54, 1.807) is 18.1 Å². The average molecular weight is 434 g/mol.